The van der Waals surface area contributed by atoms with Gasteiger partial charge in [-0.15, -0.1) is 0 Å². The number of hydrogen-bond donors (Lipinski definition) is 1. The van der Waals surface area contributed by atoms with Gasteiger partial charge in [0.25, 0.3) is 0 Å². The van der Waals surface area contributed by atoms with E-state index in [2.05, 4.69) is 22.8 Å². The zero-order valence-corrected chi connectivity index (χ0v) is 9.03. The number of rotatable bonds is 4. The molecule has 1 aromatic heterocycles. The first-order valence-corrected chi connectivity index (χ1v) is 5.55. The first kappa shape index (κ1) is 9.71. The maximum Gasteiger partial charge on any atom is 0.0659 e. The molecule has 1 aliphatic rings. The summed E-state index contributed by atoms with van der Waals surface area (Å²) < 4.78 is 2.08. The Labute approximate surface area is 85.3 Å². The minimum absolute atomic E-state index is 0.0987. The van der Waals surface area contributed by atoms with Crippen LogP contribution < -0.4 is 5.73 Å². The maximum absolute atomic E-state index is 5.92. The van der Waals surface area contributed by atoms with Crippen molar-refractivity contribution >= 4 is 0 Å². The van der Waals surface area contributed by atoms with Gasteiger partial charge in [-0.05, 0) is 32.3 Å². The molecule has 3 nitrogen and oxygen atoms in total. The molecule has 14 heavy (non-hydrogen) atoms. The molecule has 0 aliphatic heterocycles. The van der Waals surface area contributed by atoms with Crippen LogP contribution in [0.15, 0.2) is 6.07 Å². The van der Waals surface area contributed by atoms with Crippen LogP contribution in [0.3, 0.4) is 0 Å². The molecule has 78 valence electrons. The van der Waals surface area contributed by atoms with Crippen molar-refractivity contribution in [3.05, 3.63) is 17.5 Å². The topological polar surface area (TPSA) is 43.8 Å². The standard InChI is InChI=1S/C11H19N3/c1-3-6-14-11(8(2)12)7-10(13-14)9-4-5-9/h7-9H,3-6,12H2,1-2H3. The molecule has 2 N–H and O–H groups in total. The maximum atomic E-state index is 5.92. The monoisotopic (exact) mass is 193 g/mol. The summed E-state index contributed by atoms with van der Waals surface area (Å²) in [6.07, 6.45) is 3.73. The van der Waals surface area contributed by atoms with Crippen LogP contribution in [0.1, 0.15) is 56.5 Å². The molecule has 0 amide bonds. The number of nitrogens with two attached hydrogens (primary N) is 1. The van der Waals surface area contributed by atoms with Crippen molar-refractivity contribution in [3.8, 4) is 0 Å². The fourth-order valence-corrected chi connectivity index (χ4v) is 1.79. The third kappa shape index (κ3) is 1.82. The van der Waals surface area contributed by atoms with Crippen LogP contribution in [0, 0.1) is 0 Å². The fourth-order valence-electron chi connectivity index (χ4n) is 1.79. The highest BCUT2D eigenvalue weighted by Crippen LogP contribution is 2.39. The van der Waals surface area contributed by atoms with Gasteiger partial charge < -0.3 is 5.73 Å². The van der Waals surface area contributed by atoms with E-state index in [-0.39, 0.29) is 6.04 Å². The molecule has 2 rings (SSSR count). The van der Waals surface area contributed by atoms with Gasteiger partial charge in [0.2, 0.25) is 0 Å². The smallest absolute Gasteiger partial charge is 0.0659 e. The molecule has 0 bridgehead atoms. The Hall–Kier alpha value is -0.830. The Balaban J connectivity index is 2.25. The zero-order valence-electron chi connectivity index (χ0n) is 9.03. The minimum Gasteiger partial charge on any atom is -0.323 e. The Kier molecular flexibility index (Phi) is 2.59. The molecule has 1 aromatic rings. The second kappa shape index (κ2) is 3.73. The Bertz CT molecular complexity index is 310. The van der Waals surface area contributed by atoms with Crippen molar-refractivity contribution in [1.29, 1.82) is 0 Å². The quantitative estimate of drug-likeness (QED) is 0.796. The molecule has 1 fully saturated rings. The summed E-state index contributed by atoms with van der Waals surface area (Å²) in [5.74, 6) is 0.727. The van der Waals surface area contributed by atoms with Crippen molar-refractivity contribution in [2.45, 2.75) is 51.6 Å². The Morgan fingerprint density at radius 1 is 1.64 bits per heavy atom. The highest BCUT2D eigenvalue weighted by molar-refractivity contribution is 5.20. The van der Waals surface area contributed by atoms with E-state index in [4.69, 9.17) is 5.73 Å². The summed E-state index contributed by atoms with van der Waals surface area (Å²) in [4.78, 5) is 0. The SMILES string of the molecule is CCCn1nc(C2CC2)cc1C(C)N. The molecule has 1 heterocycles. The van der Waals surface area contributed by atoms with Crippen LogP contribution in [0.2, 0.25) is 0 Å². The molecule has 1 atom stereocenters. The molecular formula is C11H19N3. The lowest BCUT2D eigenvalue weighted by atomic mass is 10.2. The molecule has 1 aliphatic carbocycles. The van der Waals surface area contributed by atoms with Gasteiger partial charge in [-0.25, -0.2) is 0 Å². The van der Waals surface area contributed by atoms with E-state index in [0.717, 1.165) is 18.9 Å². The Morgan fingerprint density at radius 2 is 2.36 bits per heavy atom. The molecule has 1 unspecified atom stereocenters. The van der Waals surface area contributed by atoms with E-state index >= 15 is 0 Å². The summed E-state index contributed by atoms with van der Waals surface area (Å²) >= 11 is 0. The van der Waals surface area contributed by atoms with Crippen LogP contribution in [0.5, 0.6) is 0 Å². The Morgan fingerprint density at radius 3 is 2.86 bits per heavy atom. The predicted molar refractivity (Wildman–Crippen MR) is 57.1 cm³/mol. The van der Waals surface area contributed by atoms with Crippen molar-refractivity contribution < 1.29 is 0 Å². The molecule has 0 radical (unpaired) electrons. The first-order chi connectivity index (χ1) is 6.72. The summed E-state index contributed by atoms with van der Waals surface area (Å²) in [5.41, 5.74) is 8.36. The van der Waals surface area contributed by atoms with Crippen molar-refractivity contribution in [2.24, 2.45) is 5.73 Å². The van der Waals surface area contributed by atoms with Gasteiger partial charge in [-0.1, -0.05) is 6.92 Å². The van der Waals surface area contributed by atoms with Crippen LogP contribution in [-0.2, 0) is 6.54 Å². The molecule has 3 heteroatoms. The summed E-state index contributed by atoms with van der Waals surface area (Å²) in [5, 5.41) is 4.62. The zero-order chi connectivity index (χ0) is 10.1. The molecule has 0 aromatic carbocycles. The van der Waals surface area contributed by atoms with Gasteiger partial charge in [0, 0.05) is 18.5 Å². The van der Waals surface area contributed by atoms with Gasteiger partial charge in [0.05, 0.1) is 11.4 Å². The number of aromatic nitrogens is 2. The summed E-state index contributed by atoms with van der Waals surface area (Å²) in [6, 6.07) is 2.29. The van der Waals surface area contributed by atoms with Crippen LogP contribution >= 0.6 is 0 Å². The van der Waals surface area contributed by atoms with E-state index < -0.39 is 0 Å². The lowest BCUT2D eigenvalue weighted by Gasteiger charge is -2.07. The lowest BCUT2D eigenvalue weighted by Crippen LogP contribution is -2.13. The summed E-state index contributed by atoms with van der Waals surface area (Å²) in [7, 11) is 0. The average Bonchev–Trinajstić information content (AvgIpc) is 2.89. The first-order valence-electron chi connectivity index (χ1n) is 5.55. The van der Waals surface area contributed by atoms with Crippen LogP contribution in [-0.4, -0.2) is 9.78 Å². The molecule has 1 saturated carbocycles. The average molecular weight is 193 g/mol. The fraction of sp³-hybridized carbons (Fsp3) is 0.727. The normalized spacial score (nSPS) is 18.5. The molecule has 0 saturated heterocycles. The van der Waals surface area contributed by atoms with Crippen molar-refractivity contribution in [3.63, 3.8) is 0 Å². The highest BCUT2D eigenvalue weighted by Gasteiger charge is 2.27. The van der Waals surface area contributed by atoms with E-state index in [1.54, 1.807) is 0 Å². The molecule has 0 spiro atoms. The number of nitrogens with zero attached hydrogens (tertiary/aromatic N) is 2. The van der Waals surface area contributed by atoms with E-state index in [0.29, 0.717) is 0 Å². The predicted octanol–water partition coefficient (Wildman–Crippen LogP) is 2.19. The van der Waals surface area contributed by atoms with Crippen molar-refractivity contribution in [1.82, 2.24) is 9.78 Å². The number of hydrogen-bond acceptors (Lipinski definition) is 2. The largest absolute Gasteiger partial charge is 0.323 e. The summed E-state index contributed by atoms with van der Waals surface area (Å²) in [6.45, 7) is 5.19. The van der Waals surface area contributed by atoms with Crippen LogP contribution in [0.25, 0.3) is 0 Å². The second-order valence-corrected chi connectivity index (χ2v) is 4.28. The van der Waals surface area contributed by atoms with Gasteiger partial charge in [0.1, 0.15) is 0 Å². The lowest BCUT2D eigenvalue weighted by molar-refractivity contribution is 0.547. The van der Waals surface area contributed by atoms with Crippen molar-refractivity contribution in [2.75, 3.05) is 0 Å². The van der Waals surface area contributed by atoms with E-state index in [1.807, 2.05) is 6.92 Å². The molecular weight excluding hydrogens is 174 g/mol. The van der Waals surface area contributed by atoms with Gasteiger partial charge in [-0.3, -0.25) is 4.68 Å². The van der Waals surface area contributed by atoms with E-state index in [9.17, 15) is 0 Å². The van der Waals surface area contributed by atoms with Gasteiger partial charge in [-0.2, -0.15) is 5.10 Å². The van der Waals surface area contributed by atoms with Crippen LogP contribution in [0.4, 0.5) is 0 Å². The number of aryl methyl sites for hydroxylation is 1. The highest BCUT2D eigenvalue weighted by atomic mass is 15.3. The van der Waals surface area contributed by atoms with Gasteiger partial charge >= 0.3 is 0 Å². The second-order valence-electron chi connectivity index (χ2n) is 4.28. The third-order valence-corrected chi connectivity index (χ3v) is 2.73. The van der Waals surface area contributed by atoms with E-state index in [1.165, 1.54) is 24.2 Å². The third-order valence-electron chi connectivity index (χ3n) is 2.73. The minimum atomic E-state index is 0.0987. The van der Waals surface area contributed by atoms with Gasteiger partial charge in [0.15, 0.2) is 0 Å².